The maximum Gasteiger partial charge on any atom is 0.335 e. The molecule has 226 valence electrons. The number of hydrogen-bond acceptors (Lipinski definition) is 6. The van der Waals surface area contributed by atoms with Crippen molar-refractivity contribution in [3.05, 3.63) is 35.5 Å². The highest BCUT2D eigenvalue weighted by molar-refractivity contribution is 5.73. The van der Waals surface area contributed by atoms with E-state index in [1.54, 1.807) is 5.57 Å². The van der Waals surface area contributed by atoms with Crippen LogP contribution in [0.1, 0.15) is 98.3 Å². The molecular formula is C33H52O7. The van der Waals surface area contributed by atoms with Crippen LogP contribution in [0.4, 0.5) is 0 Å². The average molecular weight is 561 g/mol. The summed E-state index contributed by atoms with van der Waals surface area (Å²) in [5.41, 5.74) is 4.10. The minimum absolute atomic E-state index is 0.314. The average Bonchev–Trinajstić information content (AvgIpc) is 3.26. The summed E-state index contributed by atoms with van der Waals surface area (Å²) in [7, 11) is 0. The standard InChI is InChI=1S/C33H52O7/c1-19(2)8-6-9-21(4)25-15-16-26-22(10-7-17-33(25,26)5)12-13-23-18-24(14-11-20(23)3)39-32-29(36)27(34)28(35)30(40-32)31(37)38/h12-13,19,21,24-30,32,34-36H,3,6-11,14-18H2,1-2,4-5H3,(H,37,38)/t21-,24+,25-,26+,27+,28+,29-,30?,32-,33-/m1/s1. The van der Waals surface area contributed by atoms with Crippen LogP contribution in [0.2, 0.25) is 0 Å². The number of allylic oxidation sites excluding steroid dienone is 4. The molecule has 3 aliphatic carbocycles. The molecule has 3 saturated carbocycles. The number of carbonyl (C=O) groups is 1. The summed E-state index contributed by atoms with van der Waals surface area (Å²) in [6.07, 6.45) is 8.55. The van der Waals surface area contributed by atoms with E-state index in [2.05, 4.69) is 46.4 Å². The van der Waals surface area contributed by atoms with Crippen LogP contribution in [-0.2, 0) is 14.3 Å². The highest BCUT2D eigenvalue weighted by Crippen LogP contribution is 2.60. The van der Waals surface area contributed by atoms with E-state index in [0.29, 0.717) is 24.2 Å². The number of fused-ring (bicyclic) bond motifs is 1. The molecule has 0 amide bonds. The maximum absolute atomic E-state index is 11.5. The van der Waals surface area contributed by atoms with Crippen LogP contribution >= 0.6 is 0 Å². The first-order chi connectivity index (χ1) is 18.9. The Balaban J connectivity index is 1.42. The summed E-state index contributed by atoms with van der Waals surface area (Å²) in [6.45, 7) is 13.9. The highest BCUT2D eigenvalue weighted by atomic mass is 16.7. The van der Waals surface area contributed by atoms with Crippen molar-refractivity contribution in [1.82, 2.24) is 0 Å². The number of aliphatic hydroxyl groups is 3. The van der Waals surface area contributed by atoms with Gasteiger partial charge in [0.1, 0.15) is 18.3 Å². The maximum atomic E-state index is 11.5. The van der Waals surface area contributed by atoms with E-state index in [4.69, 9.17) is 9.47 Å². The third kappa shape index (κ3) is 6.75. The van der Waals surface area contributed by atoms with Crippen molar-refractivity contribution in [2.75, 3.05) is 0 Å². The minimum Gasteiger partial charge on any atom is -0.479 e. The molecule has 1 unspecified atom stereocenters. The normalized spacial score (nSPS) is 41.5. The number of ether oxygens (including phenoxy) is 2. The summed E-state index contributed by atoms with van der Waals surface area (Å²) < 4.78 is 11.3. The molecule has 4 fully saturated rings. The fourth-order valence-corrected chi connectivity index (χ4v) is 8.11. The minimum atomic E-state index is -1.72. The van der Waals surface area contributed by atoms with Gasteiger partial charge in [0, 0.05) is 0 Å². The zero-order chi connectivity index (χ0) is 29.2. The van der Waals surface area contributed by atoms with E-state index in [1.165, 1.54) is 44.9 Å². The quantitative estimate of drug-likeness (QED) is 0.293. The number of rotatable bonds is 9. The number of aliphatic hydroxyl groups excluding tert-OH is 3. The van der Waals surface area contributed by atoms with E-state index >= 15 is 0 Å². The van der Waals surface area contributed by atoms with Gasteiger partial charge in [-0.15, -0.1) is 0 Å². The largest absolute Gasteiger partial charge is 0.479 e. The molecule has 4 N–H and O–H groups in total. The van der Waals surface area contributed by atoms with Crippen molar-refractivity contribution in [2.45, 2.75) is 135 Å². The third-order valence-corrected chi connectivity index (χ3v) is 10.5. The van der Waals surface area contributed by atoms with Crippen molar-refractivity contribution in [3.63, 3.8) is 0 Å². The van der Waals surface area contributed by atoms with E-state index in [-0.39, 0.29) is 6.10 Å². The zero-order valence-electron chi connectivity index (χ0n) is 24.9. The van der Waals surface area contributed by atoms with Crippen LogP contribution in [0, 0.1) is 29.1 Å². The fourth-order valence-electron chi connectivity index (χ4n) is 8.11. The van der Waals surface area contributed by atoms with E-state index in [1.807, 2.05) is 0 Å². The van der Waals surface area contributed by atoms with Gasteiger partial charge in [-0.2, -0.15) is 0 Å². The molecule has 40 heavy (non-hydrogen) atoms. The Kier molecular flexibility index (Phi) is 10.4. The Labute approximate surface area is 240 Å². The van der Waals surface area contributed by atoms with Crippen LogP contribution in [0.25, 0.3) is 0 Å². The Bertz CT molecular complexity index is 970. The Morgan fingerprint density at radius 1 is 1.07 bits per heavy atom. The van der Waals surface area contributed by atoms with Crippen molar-refractivity contribution in [1.29, 1.82) is 0 Å². The van der Waals surface area contributed by atoms with Crippen LogP contribution in [0.3, 0.4) is 0 Å². The number of carboxylic acid groups (broad SMARTS) is 1. The SMILES string of the molecule is C=C1CC[C@H](O[C@@H]2OC(C(=O)O)[C@@H](O)[C@H](O)[C@H]2O)CC1=CC=C1CCC[C@]2(C)[C@@H]([C@H](C)CCCC(C)C)CC[C@@H]12. The molecule has 0 radical (unpaired) electrons. The molecule has 1 heterocycles. The molecule has 10 atom stereocenters. The number of carboxylic acids is 1. The smallest absolute Gasteiger partial charge is 0.335 e. The lowest BCUT2D eigenvalue weighted by molar-refractivity contribution is -0.304. The molecule has 1 saturated heterocycles. The van der Waals surface area contributed by atoms with Gasteiger partial charge >= 0.3 is 5.97 Å². The summed E-state index contributed by atoms with van der Waals surface area (Å²) >= 11 is 0. The van der Waals surface area contributed by atoms with Crippen molar-refractivity contribution in [2.24, 2.45) is 29.1 Å². The summed E-state index contributed by atoms with van der Waals surface area (Å²) in [5.74, 6) is 1.55. The lowest BCUT2D eigenvalue weighted by Gasteiger charge is -2.44. The summed E-state index contributed by atoms with van der Waals surface area (Å²) in [4.78, 5) is 11.5. The number of hydrogen-bond donors (Lipinski definition) is 4. The Hall–Kier alpha value is -1.51. The van der Waals surface area contributed by atoms with Crippen LogP contribution in [-0.4, -0.2) is 63.2 Å². The fraction of sp³-hybridized carbons (Fsp3) is 0.788. The van der Waals surface area contributed by atoms with Crippen LogP contribution in [0.15, 0.2) is 35.5 Å². The molecular weight excluding hydrogens is 508 g/mol. The van der Waals surface area contributed by atoms with Gasteiger partial charge < -0.3 is 29.9 Å². The molecule has 4 rings (SSSR count). The van der Waals surface area contributed by atoms with Crippen molar-refractivity contribution >= 4 is 5.97 Å². The van der Waals surface area contributed by atoms with Gasteiger partial charge in [-0.1, -0.05) is 76.8 Å². The van der Waals surface area contributed by atoms with Crippen molar-refractivity contribution < 1.29 is 34.7 Å². The van der Waals surface area contributed by atoms with Crippen LogP contribution < -0.4 is 0 Å². The van der Waals surface area contributed by atoms with Crippen LogP contribution in [0.5, 0.6) is 0 Å². The monoisotopic (exact) mass is 560 g/mol. The van der Waals surface area contributed by atoms with E-state index < -0.39 is 36.7 Å². The molecule has 7 heteroatoms. The van der Waals surface area contributed by atoms with Gasteiger partial charge in [-0.25, -0.2) is 4.79 Å². The first-order valence-electron chi connectivity index (χ1n) is 15.6. The van der Waals surface area contributed by atoms with Gasteiger partial charge in [0.05, 0.1) is 6.10 Å². The Morgan fingerprint density at radius 2 is 1.82 bits per heavy atom. The zero-order valence-corrected chi connectivity index (χ0v) is 24.9. The first kappa shape index (κ1) is 31.4. The molecule has 0 bridgehead atoms. The molecule has 0 aromatic heterocycles. The second-order valence-electron chi connectivity index (χ2n) is 13.7. The summed E-state index contributed by atoms with van der Waals surface area (Å²) in [5, 5.41) is 39.8. The van der Waals surface area contributed by atoms with Gasteiger partial charge in [-0.3, -0.25) is 0 Å². The van der Waals surface area contributed by atoms with Crippen molar-refractivity contribution in [3.8, 4) is 0 Å². The molecule has 0 aromatic rings. The molecule has 0 aromatic carbocycles. The molecule has 0 spiro atoms. The Morgan fingerprint density at radius 3 is 2.52 bits per heavy atom. The van der Waals surface area contributed by atoms with E-state index in [9.17, 15) is 25.2 Å². The van der Waals surface area contributed by atoms with Gasteiger partial charge in [0.25, 0.3) is 0 Å². The topological polar surface area (TPSA) is 116 Å². The second-order valence-corrected chi connectivity index (χ2v) is 13.7. The first-order valence-corrected chi connectivity index (χ1v) is 15.6. The van der Waals surface area contributed by atoms with Gasteiger partial charge in [0.2, 0.25) is 0 Å². The lowest BCUT2D eigenvalue weighted by Crippen LogP contribution is -2.60. The summed E-state index contributed by atoms with van der Waals surface area (Å²) in [6, 6.07) is 0. The number of aliphatic carboxylic acids is 1. The van der Waals surface area contributed by atoms with Gasteiger partial charge in [0.15, 0.2) is 12.4 Å². The van der Waals surface area contributed by atoms with E-state index in [0.717, 1.165) is 41.7 Å². The lowest BCUT2D eigenvalue weighted by atomic mass is 9.60. The third-order valence-electron chi connectivity index (χ3n) is 10.5. The second kappa shape index (κ2) is 13.2. The van der Waals surface area contributed by atoms with Gasteiger partial charge in [-0.05, 0) is 86.0 Å². The molecule has 4 aliphatic rings. The highest BCUT2D eigenvalue weighted by Gasteiger charge is 2.51. The predicted octanol–water partition coefficient (Wildman–Crippen LogP) is 5.54. The molecule has 7 nitrogen and oxygen atoms in total. The molecule has 1 aliphatic heterocycles. The predicted molar refractivity (Wildman–Crippen MR) is 154 cm³/mol.